The Morgan fingerprint density at radius 3 is 3.05 bits per heavy atom. The lowest BCUT2D eigenvalue weighted by atomic mass is 10.4. The van der Waals surface area contributed by atoms with Crippen LogP contribution in [0, 0.1) is 0 Å². The van der Waals surface area contributed by atoms with Gasteiger partial charge in [-0.25, -0.2) is 4.98 Å². The van der Waals surface area contributed by atoms with Crippen LogP contribution >= 0.6 is 7.60 Å². The minimum Gasteiger partial charge on any atom is -0.369 e. The lowest BCUT2D eigenvalue weighted by molar-refractivity contribution is -0.0442. The standard InChI is InChI=1S/C10H14N5O6P/c11-10-13-8-7(9(16)14-10)12-4-15(8)1-5-2-20-6(21-5)3-22(17,18)19/h4-6H,1-3H2,(H2,17,18,19)(H3,11,13,14,16)/t5-,6+/m1/s1. The second kappa shape index (κ2) is 5.45. The molecule has 1 aliphatic heterocycles. The van der Waals surface area contributed by atoms with Crippen molar-refractivity contribution in [3.8, 4) is 0 Å². The summed E-state index contributed by atoms with van der Waals surface area (Å²) in [5, 5.41) is 0. The third kappa shape index (κ3) is 3.18. The van der Waals surface area contributed by atoms with Gasteiger partial charge in [-0.2, -0.15) is 4.98 Å². The van der Waals surface area contributed by atoms with E-state index >= 15 is 0 Å². The maximum atomic E-state index is 11.7. The van der Waals surface area contributed by atoms with Gasteiger partial charge in [0.15, 0.2) is 17.5 Å². The SMILES string of the molecule is Nc1nc2c(ncn2C[C@@H]2CO[C@H](CP(=O)(O)O)O2)c(=O)[nH]1. The minimum absolute atomic E-state index is 0.0257. The molecule has 2 atom stereocenters. The molecule has 1 aliphatic rings. The number of nitrogen functional groups attached to an aromatic ring is 1. The van der Waals surface area contributed by atoms with Crippen molar-refractivity contribution in [1.29, 1.82) is 0 Å². The van der Waals surface area contributed by atoms with Crippen LogP contribution in [0.4, 0.5) is 5.95 Å². The summed E-state index contributed by atoms with van der Waals surface area (Å²) in [6.45, 7) is 0.438. The summed E-state index contributed by atoms with van der Waals surface area (Å²) in [4.78, 5) is 39.8. The number of rotatable bonds is 4. The van der Waals surface area contributed by atoms with Gasteiger partial charge in [-0.1, -0.05) is 0 Å². The van der Waals surface area contributed by atoms with Crippen molar-refractivity contribution in [3.05, 3.63) is 16.7 Å². The molecule has 1 saturated heterocycles. The summed E-state index contributed by atoms with van der Waals surface area (Å²) >= 11 is 0. The molecule has 0 saturated carbocycles. The number of hydrogen-bond acceptors (Lipinski definition) is 7. The molecule has 5 N–H and O–H groups in total. The van der Waals surface area contributed by atoms with Gasteiger partial charge < -0.3 is 29.6 Å². The molecule has 12 heteroatoms. The molecule has 0 radical (unpaired) electrons. The average Bonchev–Trinajstić information content (AvgIpc) is 2.96. The van der Waals surface area contributed by atoms with Gasteiger partial charge in [0, 0.05) is 0 Å². The predicted molar refractivity (Wildman–Crippen MR) is 74.1 cm³/mol. The van der Waals surface area contributed by atoms with E-state index in [1.807, 2.05) is 0 Å². The van der Waals surface area contributed by atoms with Crippen LogP contribution in [0.15, 0.2) is 11.1 Å². The fourth-order valence-electron chi connectivity index (χ4n) is 2.22. The molecule has 0 bridgehead atoms. The Balaban J connectivity index is 1.75. The molecule has 0 spiro atoms. The summed E-state index contributed by atoms with van der Waals surface area (Å²) in [5.41, 5.74) is 5.52. The summed E-state index contributed by atoms with van der Waals surface area (Å²) in [6, 6.07) is 0. The van der Waals surface area contributed by atoms with Crippen molar-refractivity contribution < 1.29 is 23.8 Å². The first-order valence-electron chi connectivity index (χ1n) is 6.34. The molecule has 22 heavy (non-hydrogen) atoms. The average molecular weight is 331 g/mol. The quantitative estimate of drug-likeness (QED) is 0.494. The van der Waals surface area contributed by atoms with Crippen LogP contribution in [0.25, 0.3) is 11.2 Å². The van der Waals surface area contributed by atoms with Crippen molar-refractivity contribution in [2.24, 2.45) is 0 Å². The highest BCUT2D eigenvalue weighted by molar-refractivity contribution is 7.51. The zero-order valence-corrected chi connectivity index (χ0v) is 12.1. The molecular weight excluding hydrogens is 317 g/mol. The van der Waals surface area contributed by atoms with E-state index in [4.69, 9.17) is 25.0 Å². The van der Waals surface area contributed by atoms with E-state index in [1.54, 1.807) is 4.57 Å². The monoisotopic (exact) mass is 331 g/mol. The Hall–Kier alpha value is -1.78. The topological polar surface area (TPSA) is 166 Å². The smallest absolute Gasteiger partial charge is 0.330 e. The van der Waals surface area contributed by atoms with Gasteiger partial charge in [-0.3, -0.25) is 14.3 Å². The lowest BCUT2D eigenvalue weighted by Gasteiger charge is -2.12. The molecule has 3 heterocycles. The second-order valence-corrected chi connectivity index (χ2v) is 6.58. The van der Waals surface area contributed by atoms with Gasteiger partial charge in [0.25, 0.3) is 5.56 Å². The Morgan fingerprint density at radius 1 is 1.55 bits per heavy atom. The Morgan fingerprint density at radius 2 is 2.32 bits per heavy atom. The number of nitrogens with one attached hydrogen (secondary N) is 1. The van der Waals surface area contributed by atoms with Gasteiger partial charge in [-0.05, 0) is 0 Å². The molecule has 11 nitrogen and oxygen atoms in total. The molecule has 0 aliphatic carbocycles. The molecule has 2 aromatic rings. The number of nitrogens with two attached hydrogens (primary N) is 1. The van der Waals surface area contributed by atoms with Crippen LogP contribution in [-0.4, -0.2) is 54.5 Å². The fourth-order valence-corrected chi connectivity index (χ4v) is 2.80. The van der Waals surface area contributed by atoms with Crippen LogP contribution in [0.2, 0.25) is 0 Å². The van der Waals surface area contributed by atoms with Crippen LogP contribution in [-0.2, 0) is 20.6 Å². The highest BCUT2D eigenvalue weighted by atomic mass is 31.2. The van der Waals surface area contributed by atoms with Gasteiger partial charge in [-0.15, -0.1) is 0 Å². The highest BCUT2D eigenvalue weighted by Crippen LogP contribution is 2.37. The number of hydrogen-bond donors (Lipinski definition) is 4. The normalized spacial score (nSPS) is 22.5. The number of aromatic amines is 1. The number of imidazole rings is 1. The number of anilines is 1. The minimum atomic E-state index is -4.21. The van der Waals surface area contributed by atoms with E-state index < -0.39 is 31.7 Å². The van der Waals surface area contributed by atoms with E-state index in [0.717, 1.165) is 0 Å². The molecule has 1 fully saturated rings. The zero-order chi connectivity index (χ0) is 15.9. The van der Waals surface area contributed by atoms with E-state index in [-0.39, 0.29) is 24.6 Å². The van der Waals surface area contributed by atoms with E-state index in [0.29, 0.717) is 5.65 Å². The van der Waals surface area contributed by atoms with Crippen LogP contribution in [0.1, 0.15) is 0 Å². The summed E-state index contributed by atoms with van der Waals surface area (Å²) in [6.07, 6.45) is -0.469. The molecule has 0 aromatic carbocycles. The summed E-state index contributed by atoms with van der Waals surface area (Å²) < 4.78 is 23.1. The van der Waals surface area contributed by atoms with Crippen molar-refractivity contribution >= 4 is 24.7 Å². The lowest BCUT2D eigenvalue weighted by Crippen LogP contribution is -2.21. The second-order valence-electron chi connectivity index (χ2n) is 4.89. The fraction of sp³-hybridized carbons (Fsp3) is 0.500. The largest absolute Gasteiger partial charge is 0.369 e. The molecule has 3 rings (SSSR count). The van der Waals surface area contributed by atoms with Crippen LogP contribution in [0.5, 0.6) is 0 Å². The number of H-pyrrole nitrogens is 1. The number of nitrogens with zero attached hydrogens (tertiary/aromatic N) is 3. The Labute approximate surface area is 123 Å². The maximum Gasteiger partial charge on any atom is 0.330 e. The third-order valence-corrected chi connectivity index (χ3v) is 3.87. The van der Waals surface area contributed by atoms with Crippen LogP contribution < -0.4 is 11.3 Å². The number of fused-ring (bicyclic) bond motifs is 1. The first-order valence-corrected chi connectivity index (χ1v) is 8.14. The zero-order valence-electron chi connectivity index (χ0n) is 11.2. The van der Waals surface area contributed by atoms with Crippen molar-refractivity contribution in [3.63, 3.8) is 0 Å². The predicted octanol–water partition coefficient (Wildman–Crippen LogP) is -1.38. The number of aromatic nitrogens is 4. The Bertz CT molecular complexity index is 797. The number of ether oxygens (including phenoxy) is 2. The van der Waals surface area contributed by atoms with E-state index in [9.17, 15) is 9.36 Å². The molecule has 120 valence electrons. The van der Waals surface area contributed by atoms with E-state index in [2.05, 4.69) is 15.0 Å². The first kappa shape index (κ1) is 15.1. The van der Waals surface area contributed by atoms with E-state index in [1.165, 1.54) is 6.33 Å². The Kier molecular flexibility index (Phi) is 3.75. The molecule has 0 unspecified atom stereocenters. The third-order valence-electron chi connectivity index (χ3n) is 3.09. The summed E-state index contributed by atoms with van der Waals surface area (Å²) in [5.74, 6) is -0.0257. The molecule has 0 amide bonds. The van der Waals surface area contributed by atoms with Crippen LogP contribution in [0.3, 0.4) is 0 Å². The van der Waals surface area contributed by atoms with Crippen molar-refractivity contribution in [1.82, 2.24) is 19.5 Å². The van der Waals surface area contributed by atoms with Gasteiger partial charge in [0.1, 0.15) is 12.3 Å². The summed E-state index contributed by atoms with van der Waals surface area (Å²) in [7, 11) is -4.21. The highest BCUT2D eigenvalue weighted by Gasteiger charge is 2.32. The van der Waals surface area contributed by atoms with Crippen molar-refractivity contribution in [2.45, 2.75) is 18.9 Å². The first-order chi connectivity index (χ1) is 10.3. The maximum absolute atomic E-state index is 11.7. The van der Waals surface area contributed by atoms with Gasteiger partial charge in [0.2, 0.25) is 5.95 Å². The van der Waals surface area contributed by atoms with Gasteiger partial charge >= 0.3 is 7.60 Å². The van der Waals surface area contributed by atoms with Gasteiger partial charge in [0.05, 0.1) is 19.5 Å². The molecular formula is C10H14N5O6P. The molecule has 2 aromatic heterocycles. The van der Waals surface area contributed by atoms with Crippen molar-refractivity contribution in [2.75, 3.05) is 18.5 Å².